The third-order valence-corrected chi connectivity index (χ3v) is 3.50. The molecule has 0 aliphatic heterocycles. The number of nitrogens with one attached hydrogen (secondary N) is 1. The van der Waals surface area contributed by atoms with Gasteiger partial charge in [-0.3, -0.25) is 4.79 Å². The number of hydrogen-bond donors (Lipinski definition) is 1. The minimum Gasteiger partial charge on any atom is -0.481 e. The maximum atomic E-state index is 12.3. The topological polar surface area (TPSA) is 38.3 Å². The first-order chi connectivity index (χ1) is 9.99. The highest BCUT2D eigenvalue weighted by atomic mass is 16.5. The van der Waals surface area contributed by atoms with E-state index < -0.39 is 6.10 Å². The second kappa shape index (κ2) is 6.44. The molecule has 0 radical (unpaired) electrons. The van der Waals surface area contributed by atoms with E-state index in [4.69, 9.17) is 4.74 Å². The summed E-state index contributed by atoms with van der Waals surface area (Å²) < 4.78 is 5.75. The molecule has 0 spiro atoms. The number of hydrogen-bond acceptors (Lipinski definition) is 2. The molecule has 0 fully saturated rings. The Morgan fingerprint density at radius 1 is 0.952 bits per heavy atom. The number of amides is 1. The largest absolute Gasteiger partial charge is 0.481 e. The Labute approximate surface area is 126 Å². The van der Waals surface area contributed by atoms with Crippen LogP contribution in [0.15, 0.2) is 42.5 Å². The first kappa shape index (κ1) is 15.1. The summed E-state index contributed by atoms with van der Waals surface area (Å²) in [6.07, 6.45) is -0.551. The van der Waals surface area contributed by atoms with Gasteiger partial charge >= 0.3 is 0 Å². The minimum atomic E-state index is -0.551. The summed E-state index contributed by atoms with van der Waals surface area (Å²) in [5.41, 5.74) is 3.98. The van der Waals surface area contributed by atoms with E-state index in [0.29, 0.717) is 0 Å². The van der Waals surface area contributed by atoms with Gasteiger partial charge in [0.2, 0.25) is 0 Å². The van der Waals surface area contributed by atoms with Crippen LogP contribution in [0.1, 0.15) is 23.6 Å². The first-order valence-corrected chi connectivity index (χ1v) is 7.08. The van der Waals surface area contributed by atoms with Crippen molar-refractivity contribution in [2.24, 2.45) is 0 Å². The van der Waals surface area contributed by atoms with Crippen LogP contribution in [0.4, 0.5) is 5.69 Å². The van der Waals surface area contributed by atoms with E-state index in [1.807, 2.05) is 63.2 Å². The molecule has 0 saturated carbocycles. The van der Waals surface area contributed by atoms with Crippen molar-refractivity contribution >= 4 is 11.6 Å². The third-order valence-electron chi connectivity index (χ3n) is 3.50. The number of rotatable bonds is 4. The first-order valence-electron chi connectivity index (χ1n) is 7.08. The Hall–Kier alpha value is -2.29. The summed E-state index contributed by atoms with van der Waals surface area (Å²) >= 11 is 0. The maximum Gasteiger partial charge on any atom is 0.265 e. The van der Waals surface area contributed by atoms with E-state index in [-0.39, 0.29) is 5.91 Å². The summed E-state index contributed by atoms with van der Waals surface area (Å²) in [6.45, 7) is 7.69. The molecule has 0 aliphatic carbocycles. The molecule has 3 nitrogen and oxygen atoms in total. The van der Waals surface area contributed by atoms with E-state index in [2.05, 4.69) is 5.32 Å². The number of benzene rings is 2. The highest BCUT2D eigenvalue weighted by Gasteiger charge is 2.17. The molecular formula is C18H21NO2. The van der Waals surface area contributed by atoms with Crippen molar-refractivity contribution in [3.05, 3.63) is 59.2 Å². The van der Waals surface area contributed by atoms with Crippen molar-refractivity contribution in [2.75, 3.05) is 5.32 Å². The smallest absolute Gasteiger partial charge is 0.265 e. The summed E-state index contributed by atoms with van der Waals surface area (Å²) in [5.74, 6) is 0.595. The van der Waals surface area contributed by atoms with Crippen LogP contribution in [0.5, 0.6) is 5.75 Å². The highest BCUT2D eigenvalue weighted by molar-refractivity contribution is 5.95. The summed E-state index contributed by atoms with van der Waals surface area (Å²) in [5, 5.41) is 2.95. The number of anilines is 1. The van der Waals surface area contributed by atoms with E-state index in [9.17, 15) is 4.79 Å². The van der Waals surface area contributed by atoms with Crippen LogP contribution in [0.3, 0.4) is 0 Å². The second-order valence-electron chi connectivity index (χ2n) is 5.28. The normalized spacial score (nSPS) is 11.8. The van der Waals surface area contributed by atoms with Gasteiger partial charge in [-0.1, -0.05) is 36.4 Å². The highest BCUT2D eigenvalue weighted by Crippen LogP contribution is 2.21. The van der Waals surface area contributed by atoms with Crippen LogP contribution < -0.4 is 10.1 Å². The van der Waals surface area contributed by atoms with Crippen molar-refractivity contribution in [3.8, 4) is 5.75 Å². The Balaban J connectivity index is 2.08. The number of aryl methyl sites for hydroxylation is 3. The van der Waals surface area contributed by atoms with Gasteiger partial charge in [-0.05, 0) is 50.5 Å². The minimum absolute atomic E-state index is 0.143. The Morgan fingerprint density at radius 2 is 1.52 bits per heavy atom. The van der Waals surface area contributed by atoms with E-state index in [1.54, 1.807) is 6.92 Å². The molecule has 0 aliphatic rings. The van der Waals surface area contributed by atoms with Crippen LogP contribution in [-0.4, -0.2) is 12.0 Å². The van der Waals surface area contributed by atoms with E-state index in [0.717, 1.165) is 28.1 Å². The average molecular weight is 283 g/mol. The fourth-order valence-electron chi connectivity index (χ4n) is 2.17. The van der Waals surface area contributed by atoms with Crippen LogP contribution in [0.25, 0.3) is 0 Å². The third kappa shape index (κ3) is 3.63. The zero-order valence-electron chi connectivity index (χ0n) is 12.9. The lowest BCUT2D eigenvalue weighted by Gasteiger charge is -2.18. The summed E-state index contributed by atoms with van der Waals surface area (Å²) in [6, 6.07) is 13.6. The molecule has 21 heavy (non-hydrogen) atoms. The number of para-hydroxylation sites is 2. The molecule has 0 unspecified atom stereocenters. The van der Waals surface area contributed by atoms with Gasteiger partial charge in [0.25, 0.3) is 5.91 Å². The molecule has 2 aromatic rings. The Bertz CT molecular complexity index is 629. The van der Waals surface area contributed by atoms with Gasteiger partial charge in [-0.25, -0.2) is 0 Å². The van der Waals surface area contributed by atoms with Crippen molar-refractivity contribution in [3.63, 3.8) is 0 Å². The molecule has 2 rings (SSSR count). The van der Waals surface area contributed by atoms with E-state index in [1.165, 1.54) is 0 Å². The lowest BCUT2D eigenvalue weighted by Crippen LogP contribution is -2.30. The summed E-state index contributed by atoms with van der Waals surface area (Å²) in [7, 11) is 0. The standard InChI is InChI=1S/C18H21NO2/c1-12-8-5-6-11-16(12)21-15(4)18(20)19-17-13(2)9-7-10-14(17)3/h5-11,15H,1-4H3,(H,19,20)/t15-/m1/s1. The van der Waals surface area contributed by atoms with Gasteiger partial charge in [0.05, 0.1) is 0 Å². The molecule has 1 N–H and O–H groups in total. The zero-order chi connectivity index (χ0) is 15.4. The van der Waals surface area contributed by atoms with Crippen LogP contribution in [-0.2, 0) is 4.79 Å². The molecule has 1 atom stereocenters. The van der Waals surface area contributed by atoms with Crippen molar-refractivity contribution in [2.45, 2.75) is 33.8 Å². The lowest BCUT2D eigenvalue weighted by molar-refractivity contribution is -0.122. The van der Waals surface area contributed by atoms with Gasteiger partial charge in [0.15, 0.2) is 6.10 Å². The van der Waals surface area contributed by atoms with Crippen LogP contribution >= 0.6 is 0 Å². The Morgan fingerprint density at radius 3 is 2.14 bits per heavy atom. The zero-order valence-corrected chi connectivity index (χ0v) is 12.9. The van der Waals surface area contributed by atoms with E-state index >= 15 is 0 Å². The molecule has 3 heteroatoms. The molecule has 0 saturated heterocycles. The SMILES string of the molecule is Cc1ccccc1O[C@H](C)C(=O)Nc1c(C)cccc1C. The molecule has 1 amide bonds. The number of carbonyl (C=O) groups is 1. The van der Waals surface area contributed by atoms with Crippen LogP contribution in [0.2, 0.25) is 0 Å². The molecule has 0 heterocycles. The van der Waals surface area contributed by atoms with Gasteiger partial charge in [0.1, 0.15) is 5.75 Å². The maximum absolute atomic E-state index is 12.3. The van der Waals surface area contributed by atoms with Gasteiger partial charge in [-0.15, -0.1) is 0 Å². The van der Waals surface area contributed by atoms with Crippen molar-refractivity contribution in [1.82, 2.24) is 0 Å². The molecule has 0 aromatic heterocycles. The van der Waals surface area contributed by atoms with Gasteiger partial charge in [-0.2, -0.15) is 0 Å². The molecular weight excluding hydrogens is 262 g/mol. The molecule has 0 bridgehead atoms. The number of ether oxygens (including phenoxy) is 1. The predicted octanol–water partition coefficient (Wildman–Crippen LogP) is 4.02. The average Bonchev–Trinajstić information content (AvgIpc) is 2.45. The van der Waals surface area contributed by atoms with Gasteiger partial charge < -0.3 is 10.1 Å². The molecule has 2 aromatic carbocycles. The fourth-order valence-corrected chi connectivity index (χ4v) is 2.17. The number of carbonyl (C=O) groups excluding carboxylic acids is 1. The molecule has 110 valence electrons. The quantitative estimate of drug-likeness (QED) is 0.920. The predicted molar refractivity (Wildman–Crippen MR) is 85.8 cm³/mol. The Kier molecular flexibility index (Phi) is 4.63. The van der Waals surface area contributed by atoms with Crippen molar-refractivity contribution < 1.29 is 9.53 Å². The van der Waals surface area contributed by atoms with Gasteiger partial charge in [0, 0.05) is 5.69 Å². The lowest BCUT2D eigenvalue weighted by atomic mass is 10.1. The van der Waals surface area contributed by atoms with Crippen LogP contribution in [0, 0.1) is 20.8 Å². The second-order valence-corrected chi connectivity index (χ2v) is 5.28. The monoisotopic (exact) mass is 283 g/mol. The fraction of sp³-hybridized carbons (Fsp3) is 0.278. The summed E-state index contributed by atoms with van der Waals surface area (Å²) in [4.78, 5) is 12.3. The van der Waals surface area contributed by atoms with Crippen molar-refractivity contribution in [1.29, 1.82) is 0 Å².